The predicted molar refractivity (Wildman–Crippen MR) is 66.7 cm³/mol. The van der Waals surface area contributed by atoms with Crippen LogP contribution in [-0.4, -0.2) is 5.38 Å². The first-order valence-corrected chi connectivity index (χ1v) is 6.24. The number of halogens is 1. The minimum Gasteiger partial charge on any atom is -0.123 e. The van der Waals surface area contributed by atoms with E-state index in [0.717, 1.165) is 0 Å². The summed E-state index contributed by atoms with van der Waals surface area (Å²) in [5, 5.41) is 0.370. The van der Waals surface area contributed by atoms with Gasteiger partial charge in [0, 0.05) is 5.38 Å². The van der Waals surface area contributed by atoms with Gasteiger partial charge in [0.25, 0.3) is 0 Å². The van der Waals surface area contributed by atoms with Crippen LogP contribution in [0.2, 0.25) is 0 Å². The smallest absolute Gasteiger partial charge is 0.0367 e. The van der Waals surface area contributed by atoms with E-state index in [2.05, 4.69) is 39.0 Å². The molecule has 1 saturated carbocycles. The molecule has 3 atom stereocenters. The zero-order valence-corrected chi connectivity index (χ0v) is 10.5. The molecule has 1 heteroatoms. The second-order valence-electron chi connectivity index (χ2n) is 4.92. The van der Waals surface area contributed by atoms with Gasteiger partial charge in [-0.15, -0.1) is 11.6 Å². The molecule has 0 N–H and O–H groups in total. The van der Waals surface area contributed by atoms with Crippen molar-refractivity contribution in [2.24, 2.45) is 5.92 Å². The third-order valence-electron chi connectivity index (χ3n) is 3.79. The van der Waals surface area contributed by atoms with Crippen LogP contribution in [0.15, 0.2) is 18.2 Å². The summed E-state index contributed by atoms with van der Waals surface area (Å²) in [5.41, 5.74) is 4.30. The highest BCUT2D eigenvalue weighted by Crippen LogP contribution is 2.43. The molecule has 1 aliphatic carbocycles. The van der Waals surface area contributed by atoms with Crippen LogP contribution >= 0.6 is 11.6 Å². The number of hydrogen-bond donors (Lipinski definition) is 0. The molecule has 1 aliphatic rings. The second kappa shape index (κ2) is 4.17. The first-order valence-electron chi connectivity index (χ1n) is 5.81. The van der Waals surface area contributed by atoms with E-state index in [-0.39, 0.29) is 0 Å². The minimum absolute atomic E-state index is 0.370. The van der Waals surface area contributed by atoms with Gasteiger partial charge in [0.05, 0.1) is 0 Å². The van der Waals surface area contributed by atoms with Crippen LogP contribution in [0.25, 0.3) is 0 Å². The van der Waals surface area contributed by atoms with Gasteiger partial charge in [0.15, 0.2) is 0 Å². The Labute approximate surface area is 97.6 Å². The summed E-state index contributed by atoms with van der Waals surface area (Å²) in [5.74, 6) is 1.29. The third-order valence-corrected chi connectivity index (χ3v) is 4.41. The van der Waals surface area contributed by atoms with Gasteiger partial charge in [-0.3, -0.25) is 0 Å². The van der Waals surface area contributed by atoms with Crippen LogP contribution in [0.3, 0.4) is 0 Å². The predicted octanol–water partition coefficient (Wildman–Crippen LogP) is 4.42. The van der Waals surface area contributed by atoms with Crippen LogP contribution in [0.1, 0.15) is 42.4 Å². The molecule has 0 amide bonds. The third kappa shape index (κ3) is 2.06. The summed E-state index contributed by atoms with van der Waals surface area (Å²) in [6.45, 7) is 6.67. The summed E-state index contributed by atoms with van der Waals surface area (Å²) in [6, 6.07) is 6.76. The molecule has 1 aromatic rings. The first-order chi connectivity index (χ1) is 7.09. The van der Waals surface area contributed by atoms with Crippen molar-refractivity contribution in [3.63, 3.8) is 0 Å². The molecule has 0 aromatic heterocycles. The molecule has 0 bridgehead atoms. The molecular formula is C14H19Cl. The Balaban J connectivity index is 2.33. The Morgan fingerprint density at radius 3 is 2.53 bits per heavy atom. The van der Waals surface area contributed by atoms with Crippen molar-refractivity contribution in [3.8, 4) is 0 Å². The maximum absolute atomic E-state index is 6.30. The van der Waals surface area contributed by atoms with E-state index in [1.165, 1.54) is 29.5 Å². The fourth-order valence-electron chi connectivity index (χ4n) is 2.71. The summed E-state index contributed by atoms with van der Waals surface area (Å²) >= 11 is 6.30. The van der Waals surface area contributed by atoms with Crippen LogP contribution in [0.4, 0.5) is 0 Å². The summed E-state index contributed by atoms with van der Waals surface area (Å²) < 4.78 is 0. The summed E-state index contributed by atoms with van der Waals surface area (Å²) in [7, 11) is 0. The molecule has 15 heavy (non-hydrogen) atoms. The zero-order valence-electron chi connectivity index (χ0n) is 9.76. The van der Waals surface area contributed by atoms with E-state index in [9.17, 15) is 0 Å². The van der Waals surface area contributed by atoms with Crippen molar-refractivity contribution in [1.29, 1.82) is 0 Å². The average molecular weight is 223 g/mol. The van der Waals surface area contributed by atoms with Crippen molar-refractivity contribution < 1.29 is 0 Å². The van der Waals surface area contributed by atoms with Gasteiger partial charge in [0.1, 0.15) is 0 Å². The average Bonchev–Trinajstić information content (AvgIpc) is 2.52. The molecule has 0 heterocycles. The molecule has 3 unspecified atom stereocenters. The number of rotatable bonds is 1. The van der Waals surface area contributed by atoms with Crippen LogP contribution in [-0.2, 0) is 0 Å². The molecule has 0 radical (unpaired) electrons. The Kier molecular flexibility index (Phi) is 3.06. The summed E-state index contributed by atoms with van der Waals surface area (Å²) in [4.78, 5) is 0. The number of aryl methyl sites for hydroxylation is 2. The van der Waals surface area contributed by atoms with Crippen molar-refractivity contribution in [1.82, 2.24) is 0 Å². The lowest BCUT2D eigenvalue weighted by Crippen LogP contribution is -2.10. The van der Waals surface area contributed by atoms with Crippen molar-refractivity contribution >= 4 is 11.6 Å². The monoisotopic (exact) mass is 222 g/mol. The molecule has 0 saturated heterocycles. The highest BCUT2D eigenvalue weighted by molar-refractivity contribution is 6.21. The van der Waals surface area contributed by atoms with Crippen LogP contribution < -0.4 is 0 Å². The SMILES string of the molecule is Cc1ccc(C)c(C2CCC(Cl)C2C)c1. The van der Waals surface area contributed by atoms with E-state index in [1.54, 1.807) is 0 Å². The van der Waals surface area contributed by atoms with Gasteiger partial charge in [-0.1, -0.05) is 30.7 Å². The molecule has 0 aliphatic heterocycles. The lowest BCUT2D eigenvalue weighted by Gasteiger charge is -2.20. The van der Waals surface area contributed by atoms with Gasteiger partial charge in [-0.2, -0.15) is 0 Å². The molecule has 0 spiro atoms. The molecule has 0 nitrogen and oxygen atoms in total. The Morgan fingerprint density at radius 1 is 1.20 bits per heavy atom. The molecule has 1 aromatic carbocycles. The number of benzene rings is 1. The topological polar surface area (TPSA) is 0 Å². The Morgan fingerprint density at radius 2 is 1.93 bits per heavy atom. The van der Waals surface area contributed by atoms with Gasteiger partial charge in [0.2, 0.25) is 0 Å². The van der Waals surface area contributed by atoms with Crippen LogP contribution in [0.5, 0.6) is 0 Å². The van der Waals surface area contributed by atoms with E-state index < -0.39 is 0 Å². The molecule has 2 rings (SSSR count). The fourth-order valence-corrected chi connectivity index (χ4v) is 3.02. The Bertz CT molecular complexity index is 356. The first kappa shape index (κ1) is 11.0. The van der Waals surface area contributed by atoms with Gasteiger partial charge in [-0.05, 0) is 49.7 Å². The quantitative estimate of drug-likeness (QED) is 0.617. The van der Waals surface area contributed by atoms with Gasteiger partial charge in [-0.25, -0.2) is 0 Å². The second-order valence-corrected chi connectivity index (χ2v) is 5.48. The standard InChI is InChI=1S/C14H19Cl/c1-9-4-5-10(2)13(8-9)12-6-7-14(15)11(12)3/h4-5,8,11-12,14H,6-7H2,1-3H3. The van der Waals surface area contributed by atoms with E-state index in [1.807, 2.05) is 0 Å². The largest absolute Gasteiger partial charge is 0.123 e. The molecular weight excluding hydrogens is 204 g/mol. The van der Waals surface area contributed by atoms with Crippen LogP contribution in [0, 0.1) is 19.8 Å². The maximum Gasteiger partial charge on any atom is 0.0367 e. The van der Waals surface area contributed by atoms with E-state index in [0.29, 0.717) is 17.2 Å². The molecule has 1 fully saturated rings. The summed E-state index contributed by atoms with van der Waals surface area (Å²) in [6.07, 6.45) is 2.42. The van der Waals surface area contributed by atoms with Crippen molar-refractivity contribution in [3.05, 3.63) is 34.9 Å². The number of alkyl halides is 1. The van der Waals surface area contributed by atoms with Gasteiger partial charge < -0.3 is 0 Å². The van der Waals surface area contributed by atoms with E-state index in [4.69, 9.17) is 11.6 Å². The molecule has 82 valence electrons. The lowest BCUT2D eigenvalue weighted by molar-refractivity contribution is 0.535. The van der Waals surface area contributed by atoms with E-state index >= 15 is 0 Å². The zero-order chi connectivity index (χ0) is 11.0. The maximum atomic E-state index is 6.30. The fraction of sp³-hybridized carbons (Fsp3) is 0.571. The highest BCUT2D eigenvalue weighted by Gasteiger charge is 2.32. The van der Waals surface area contributed by atoms with Crippen molar-refractivity contribution in [2.45, 2.75) is 44.9 Å². The highest BCUT2D eigenvalue weighted by atomic mass is 35.5. The van der Waals surface area contributed by atoms with Crippen molar-refractivity contribution in [2.75, 3.05) is 0 Å². The minimum atomic E-state index is 0.370. The van der Waals surface area contributed by atoms with Gasteiger partial charge >= 0.3 is 0 Å². The normalized spacial score (nSPS) is 30.8. The number of hydrogen-bond acceptors (Lipinski definition) is 0. The Hall–Kier alpha value is -0.490. The lowest BCUT2D eigenvalue weighted by atomic mass is 9.86.